The molecule has 1 aliphatic rings. The molecule has 4 heterocycles. The van der Waals surface area contributed by atoms with E-state index in [1.54, 1.807) is 12.4 Å². The topological polar surface area (TPSA) is 123 Å². The molecule has 9 heteroatoms. The Morgan fingerprint density at radius 1 is 1.23 bits per heavy atom. The Labute approximate surface area is 173 Å². The number of nitrogen functional groups attached to an aromatic ring is 1. The molecule has 0 saturated carbocycles. The Balaban J connectivity index is 1.62. The van der Waals surface area contributed by atoms with E-state index in [0.29, 0.717) is 12.2 Å². The van der Waals surface area contributed by atoms with Gasteiger partial charge in [-0.3, -0.25) is 14.8 Å². The van der Waals surface area contributed by atoms with E-state index in [1.165, 1.54) is 30.5 Å². The second kappa shape index (κ2) is 8.42. The minimum atomic E-state index is -0.530. The number of nitrogens with two attached hydrogens (primary N) is 2. The molecule has 154 valence electrons. The summed E-state index contributed by atoms with van der Waals surface area (Å²) in [6, 6.07) is 7.73. The van der Waals surface area contributed by atoms with Crippen molar-refractivity contribution in [3.63, 3.8) is 0 Å². The van der Waals surface area contributed by atoms with E-state index in [-0.39, 0.29) is 28.8 Å². The fourth-order valence-corrected chi connectivity index (χ4v) is 3.53. The summed E-state index contributed by atoms with van der Waals surface area (Å²) < 4.78 is 14.1. The van der Waals surface area contributed by atoms with Crippen molar-refractivity contribution in [2.24, 2.45) is 5.73 Å². The van der Waals surface area contributed by atoms with Gasteiger partial charge in [-0.05, 0) is 43.2 Å². The number of nitrogens with zero attached hydrogens (tertiary/aromatic N) is 4. The molecule has 0 aliphatic carbocycles. The lowest BCUT2D eigenvalue weighted by Crippen LogP contribution is -2.43. The number of hydrogen-bond donors (Lipinski definition) is 3. The number of nitrogens with one attached hydrogen (secondary N) is 1. The Kier molecular flexibility index (Phi) is 5.53. The number of carbonyl (C=O) groups is 1. The first-order chi connectivity index (χ1) is 14.5. The number of aromatic nitrogens is 3. The van der Waals surface area contributed by atoms with Gasteiger partial charge in [-0.1, -0.05) is 0 Å². The van der Waals surface area contributed by atoms with Crippen molar-refractivity contribution in [3.8, 4) is 11.4 Å². The van der Waals surface area contributed by atoms with Crippen LogP contribution in [0.15, 0.2) is 48.9 Å². The second-order valence-corrected chi connectivity index (χ2v) is 7.16. The molecule has 8 nitrogen and oxygen atoms in total. The molecule has 0 radical (unpaired) electrons. The number of pyridine rings is 3. The van der Waals surface area contributed by atoms with Crippen LogP contribution in [0, 0.1) is 5.82 Å². The molecule has 5 N–H and O–H groups in total. The highest BCUT2D eigenvalue weighted by Gasteiger charge is 2.22. The maximum atomic E-state index is 14.1. The molecule has 0 aromatic carbocycles. The Morgan fingerprint density at radius 2 is 2.10 bits per heavy atom. The highest BCUT2D eigenvalue weighted by Crippen LogP contribution is 2.28. The summed E-state index contributed by atoms with van der Waals surface area (Å²) in [6.07, 6.45) is 6.65. The quantitative estimate of drug-likeness (QED) is 0.607. The van der Waals surface area contributed by atoms with E-state index >= 15 is 0 Å². The third kappa shape index (κ3) is 4.06. The predicted molar refractivity (Wildman–Crippen MR) is 113 cm³/mol. The summed E-state index contributed by atoms with van der Waals surface area (Å²) in [5.41, 5.74) is 13.9. The molecule has 4 rings (SSSR count). The molecule has 0 bridgehead atoms. The molecule has 0 spiro atoms. The van der Waals surface area contributed by atoms with Gasteiger partial charge in [-0.2, -0.15) is 0 Å². The molecule has 30 heavy (non-hydrogen) atoms. The van der Waals surface area contributed by atoms with Gasteiger partial charge in [0.25, 0.3) is 5.91 Å². The SMILES string of the molecule is Nc1ccc(-c2ncccc2F)nc1C(=O)Nc1cnccc1N1CCCC(N)C1. The highest BCUT2D eigenvalue weighted by atomic mass is 19.1. The Hall–Kier alpha value is -3.59. The Morgan fingerprint density at radius 3 is 2.90 bits per heavy atom. The Bertz CT molecular complexity index is 1070. The number of hydrogen-bond acceptors (Lipinski definition) is 7. The molecule has 1 unspecified atom stereocenters. The average molecular weight is 407 g/mol. The fraction of sp³-hybridized carbons (Fsp3) is 0.238. The second-order valence-electron chi connectivity index (χ2n) is 7.16. The molecule has 3 aromatic heterocycles. The van der Waals surface area contributed by atoms with E-state index in [1.807, 2.05) is 6.07 Å². The highest BCUT2D eigenvalue weighted by molar-refractivity contribution is 6.07. The molecule has 1 atom stereocenters. The standard InChI is InChI=1S/C21H22FN7O/c22-14-4-1-8-26-19(14)16-6-5-15(24)20(27-16)21(30)28-17-11-25-9-7-18(17)29-10-2-3-13(23)12-29/h1,4-9,11,13H,2-3,10,12,23-24H2,(H,28,30). The summed E-state index contributed by atoms with van der Waals surface area (Å²) in [4.78, 5) is 27.5. The van der Waals surface area contributed by atoms with Crippen molar-refractivity contribution in [2.45, 2.75) is 18.9 Å². The van der Waals surface area contributed by atoms with Gasteiger partial charge in [0.1, 0.15) is 5.69 Å². The van der Waals surface area contributed by atoms with Crippen LogP contribution in [-0.4, -0.2) is 40.0 Å². The van der Waals surface area contributed by atoms with Crippen LogP contribution in [-0.2, 0) is 0 Å². The molecule has 1 amide bonds. The number of anilines is 3. The average Bonchev–Trinajstić information content (AvgIpc) is 2.75. The van der Waals surface area contributed by atoms with Crippen LogP contribution in [0.1, 0.15) is 23.3 Å². The summed E-state index contributed by atoms with van der Waals surface area (Å²) in [7, 11) is 0. The first-order valence-corrected chi connectivity index (χ1v) is 9.66. The molecular weight excluding hydrogens is 385 g/mol. The smallest absolute Gasteiger partial charge is 0.276 e. The van der Waals surface area contributed by atoms with Crippen LogP contribution in [0.3, 0.4) is 0 Å². The molecule has 1 fully saturated rings. The summed E-state index contributed by atoms with van der Waals surface area (Å²) in [6.45, 7) is 1.54. The molecule has 1 saturated heterocycles. The maximum Gasteiger partial charge on any atom is 0.276 e. The van der Waals surface area contributed by atoms with Gasteiger partial charge in [0, 0.05) is 31.5 Å². The van der Waals surface area contributed by atoms with Gasteiger partial charge in [-0.25, -0.2) is 9.37 Å². The van der Waals surface area contributed by atoms with Crippen molar-refractivity contribution >= 4 is 23.0 Å². The number of carbonyl (C=O) groups excluding carboxylic acids is 1. The molecular formula is C21H22FN7O. The first-order valence-electron chi connectivity index (χ1n) is 9.66. The maximum absolute atomic E-state index is 14.1. The van der Waals surface area contributed by atoms with Crippen LogP contribution >= 0.6 is 0 Å². The van der Waals surface area contributed by atoms with Gasteiger partial charge in [0.15, 0.2) is 11.5 Å². The summed E-state index contributed by atoms with van der Waals surface area (Å²) in [5.74, 6) is -1.04. The van der Waals surface area contributed by atoms with Crippen LogP contribution in [0.5, 0.6) is 0 Å². The van der Waals surface area contributed by atoms with E-state index in [9.17, 15) is 9.18 Å². The van der Waals surface area contributed by atoms with Crippen molar-refractivity contribution in [1.29, 1.82) is 0 Å². The number of rotatable bonds is 4. The zero-order chi connectivity index (χ0) is 21.1. The van der Waals surface area contributed by atoms with Crippen molar-refractivity contribution in [2.75, 3.05) is 29.0 Å². The lowest BCUT2D eigenvalue weighted by Gasteiger charge is -2.33. The minimum Gasteiger partial charge on any atom is -0.397 e. The number of piperidine rings is 1. The number of amides is 1. The van der Waals surface area contributed by atoms with Crippen LogP contribution < -0.4 is 21.7 Å². The zero-order valence-electron chi connectivity index (χ0n) is 16.3. The fourth-order valence-electron chi connectivity index (χ4n) is 3.53. The van der Waals surface area contributed by atoms with Crippen LogP contribution in [0.4, 0.5) is 21.5 Å². The zero-order valence-corrected chi connectivity index (χ0v) is 16.3. The first kappa shape index (κ1) is 19.7. The van der Waals surface area contributed by atoms with E-state index in [4.69, 9.17) is 11.5 Å². The monoisotopic (exact) mass is 407 g/mol. The largest absolute Gasteiger partial charge is 0.397 e. The van der Waals surface area contributed by atoms with Crippen molar-refractivity contribution < 1.29 is 9.18 Å². The normalized spacial score (nSPS) is 16.3. The lowest BCUT2D eigenvalue weighted by molar-refractivity contribution is 0.102. The minimum absolute atomic E-state index is 0.0114. The third-order valence-corrected chi connectivity index (χ3v) is 4.99. The third-order valence-electron chi connectivity index (χ3n) is 4.99. The summed E-state index contributed by atoms with van der Waals surface area (Å²) in [5, 5.41) is 2.83. The van der Waals surface area contributed by atoms with Gasteiger partial charge < -0.3 is 21.7 Å². The van der Waals surface area contributed by atoms with Gasteiger partial charge >= 0.3 is 0 Å². The van der Waals surface area contributed by atoms with E-state index < -0.39 is 11.7 Å². The van der Waals surface area contributed by atoms with E-state index in [0.717, 1.165) is 25.1 Å². The lowest BCUT2D eigenvalue weighted by atomic mass is 10.1. The van der Waals surface area contributed by atoms with E-state index in [2.05, 4.69) is 25.2 Å². The van der Waals surface area contributed by atoms with Crippen LogP contribution in [0.25, 0.3) is 11.4 Å². The van der Waals surface area contributed by atoms with Gasteiger partial charge in [0.05, 0.1) is 29.0 Å². The van der Waals surface area contributed by atoms with Crippen molar-refractivity contribution in [1.82, 2.24) is 15.0 Å². The van der Waals surface area contributed by atoms with Gasteiger partial charge in [0.2, 0.25) is 0 Å². The number of halogens is 1. The van der Waals surface area contributed by atoms with Gasteiger partial charge in [-0.15, -0.1) is 0 Å². The molecule has 1 aliphatic heterocycles. The predicted octanol–water partition coefficient (Wildman–Crippen LogP) is 2.44. The molecule has 3 aromatic rings. The van der Waals surface area contributed by atoms with Crippen LogP contribution in [0.2, 0.25) is 0 Å². The summed E-state index contributed by atoms with van der Waals surface area (Å²) >= 11 is 0. The van der Waals surface area contributed by atoms with Crippen molar-refractivity contribution in [3.05, 3.63) is 60.4 Å².